The van der Waals surface area contributed by atoms with Crippen LogP contribution in [0.4, 0.5) is 0 Å². The Labute approximate surface area is 134 Å². The van der Waals surface area contributed by atoms with Crippen LogP contribution in [0, 0.1) is 0 Å². The second-order valence-corrected chi connectivity index (χ2v) is 6.01. The number of carbonyl (C=O) groups is 1. The molecular formula is C16H19ClN2OS. The van der Waals surface area contributed by atoms with Gasteiger partial charge < -0.3 is 10.6 Å². The van der Waals surface area contributed by atoms with Gasteiger partial charge in [-0.25, -0.2) is 0 Å². The molecule has 0 atom stereocenters. The number of rotatable bonds is 7. The fraction of sp³-hybridized carbons (Fsp3) is 0.312. The Morgan fingerprint density at radius 2 is 1.95 bits per heavy atom. The van der Waals surface area contributed by atoms with Crippen molar-refractivity contribution in [2.45, 2.75) is 11.8 Å². The van der Waals surface area contributed by atoms with Gasteiger partial charge in [-0.3, -0.25) is 4.79 Å². The molecule has 21 heavy (non-hydrogen) atoms. The van der Waals surface area contributed by atoms with E-state index in [2.05, 4.69) is 10.6 Å². The second-order valence-electron chi connectivity index (χ2n) is 4.59. The van der Waals surface area contributed by atoms with E-state index in [4.69, 9.17) is 11.6 Å². The standard InChI is InChI=1S/C16H19ClN2OS/c1-2-18-9-10-19-15(20)11-21-14-8-4-6-12-5-3-7-13(17)16(12)14/h3-8,18H,2,9-11H2,1H3,(H,19,20). The van der Waals surface area contributed by atoms with Crippen molar-refractivity contribution in [3.63, 3.8) is 0 Å². The smallest absolute Gasteiger partial charge is 0.230 e. The van der Waals surface area contributed by atoms with Crippen LogP contribution in [0.25, 0.3) is 10.8 Å². The van der Waals surface area contributed by atoms with Crippen LogP contribution >= 0.6 is 23.4 Å². The SMILES string of the molecule is CCNCCNC(=O)CSc1cccc2cccc(Cl)c12. The van der Waals surface area contributed by atoms with E-state index in [1.807, 2.05) is 43.3 Å². The number of nitrogens with one attached hydrogen (secondary N) is 2. The number of amides is 1. The molecular weight excluding hydrogens is 304 g/mol. The summed E-state index contributed by atoms with van der Waals surface area (Å²) in [5.74, 6) is 0.443. The number of hydrogen-bond donors (Lipinski definition) is 2. The van der Waals surface area contributed by atoms with Crippen molar-refractivity contribution in [1.29, 1.82) is 0 Å². The molecule has 112 valence electrons. The van der Waals surface area contributed by atoms with Gasteiger partial charge in [-0.05, 0) is 24.1 Å². The van der Waals surface area contributed by atoms with Crippen LogP contribution in [-0.4, -0.2) is 31.3 Å². The minimum Gasteiger partial charge on any atom is -0.354 e. The normalized spacial score (nSPS) is 10.8. The highest BCUT2D eigenvalue weighted by molar-refractivity contribution is 8.00. The Hall–Kier alpha value is -1.23. The van der Waals surface area contributed by atoms with Crippen molar-refractivity contribution in [2.75, 3.05) is 25.4 Å². The molecule has 0 aliphatic heterocycles. The van der Waals surface area contributed by atoms with Crippen molar-refractivity contribution < 1.29 is 4.79 Å². The summed E-state index contributed by atoms with van der Waals surface area (Å²) in [4.78, 5) is 12.8. The van der Waals surface area contributed by atoms with Crippen LogP contribution in [0.2, 0.25) is 5.02 Å². The number of likely N-dealkylation sites (N-methyl/N-ethyl adjacent to an activating group) is 1. The summed E-state index contributed by atoms with van der Waals surface area (Å²) in [5.41, 5.74) is 0. The van der Waals surface area contributed by atoms with Gasteiger partial charge >= 0.3 is 0 Å². The average molecular weight is 323 g/mol. The molecule has 0 aromatic heterocycles. The van der Waals surface area contributed by atoms with Crippen molar-refractivity contribution in [3.8, 4) is 0 Å². The van der Waals surface area contributed by atoms with E-state index in [0.29, 0.717) is 12.3 Å². The first-order valence-electron chi connectivity index (χ1n) is 7.00. The Bertz CT molecular complexity index is 613. The first kappa shape index (κ1) is 16.1. The van der Waals surface area contributed by atoms with Crippen LogP contribution in [0.3, 0.4) is 0 Å². The zero-order chi connectivity index (χ0) is 15.1. The van der Waals surface area contributed by atoms with E-state index in [-0.39, 0.29) is 5.91 Å². The predicted octanol–water partition coefficient (Wildman–Crippen LogP) is 3.31. The quantitative estimate of drug-likeness (QED) is 0.607. The molecule has 3 nitrogen and oxygen atoms in total. The van der Waals surface area contributed by atoms with Crippen LogP contribution in [0.5, 0.6) is 0 Å². The number of fused-ring (bicyclic) bond motifs is 1. The van der Waals surface area contributed by atoms with Crippen LogP contribution in [0.1, 0.15) is 6.92 Å². The molecule has 2 rings (SSSR count). The predicted molar refractivity (Wildman–Crippen MR) is 91.2 cm³/mol. The van der Waals surface area contributed by atoms with Gasteiger partial charge in [-0.1, -0.05) is 42.8 Å². The first-order chi connectivity index (χ1) is 10.2. The lowest BCUT2D eigenvalue weighted by Crippen LogP contribution is -2.32. The molecule has 0 aliphatic rings. The number of thioether (sulfide) groups is 1. The van der Waals surface area contributed by atoms with Gasteiger partial charge in [-0.15, -0.1) is 11.8 Å². The maximum atomic E-state index is 11.8. The van der Waals surface area contributed by atoms with Gasteiger partial charge in [-0.2, -0.15) is 0 Å². The van der Waals surface area contributed by atoms with Crippen LogP contribution in [0.15, 0.2) is 41.3 Å². The van der Waals surface area contributed by atoms with Crippen molar-refractivity contribution in [2.24, 2.45) is 0 Å². The summed E-state index contributed by atoms with van der Waals surface area (Å²) >= 11 is 7.79. The molecule has 5 heteroatoms. The lowest BCUT2D eigenvalue weighted by atomic mass is 10.1. The third-order valence-corrected chi connectivity index (χ3v) is 4.42. The van der Waals surface area contributed by atoms with Gasteiger partial charge in [0.1, 0.15) is 0 Å². The maximum Gasteiger partial charge on any atom is 0.230 e. The number of hydrogen-bond acceptors (Lipinski definition) is 3. The Morgan fingerprint density at radius 1 is 1.19 bits per heavy atom. The van der Waals surface area contributed by atoms with Gasteiger partial charge in [0, 0.05) is 28.4 Å². The van der Waals surface area contributed by atoms with E-state index < -0.39 is 0 Å². The molecule has 0 radical (unpaired) electrons. The number of halogens is 1. The molecule has 0 spiro atoms. The summed E-state index contributed by atoms with van der Waals surface area (Å²) in [6.45, 7) is 4.41. The summed E-state index contributed by atoms with van der Waals surface area (Å²) in [7, 11) is 0. The van der Waals surface area contributed by atoms with Gasteiger partial charge in [0.25, 0.3) is 0 Å². The molecule has 0 saturated carbocycles. The van der Waals surface area contributed by atoms with E-state index in [1.165, 1.54) is 11.8 Å². The molecule has 2 aromatic carbocycles. The summed E-state index contributed by atoms with van der Waals surface area (Å²) < 4.78 is 0. The van der Waals surface area contributed by atoms with Gasteiger partial charge in [0.2, 0.25) is 5.91 Å². The van der Waals surface area contributed by atoms with Crippen molar-refractivity contribution >= 4 is 40.0 Å². The third-order valence-electron chi connectivity index (χ3n) is 3.05. The monoisotopic (exact) mass is 322 g/mol. The molecule has 2 N–H and O–H groups in total. The number of benzene rings is 2. The van der Waals surface area contributed by atoms with Crippen LogP contribution in [-0.2, 0) is 4.79 Å². The molecule has 1 amide bonds. The zero-order valence-corrected chi connectivity index (χ0v) is 13.6. The van der Waals surface area contributed by atoms with E-state index >= 15 is 0 Å². The fourth-order valence-corrected chi connectivity index (χ4v) is 3.32. The molecule has 0 aliphatic carbocycles. The topological polar surface area (TPSA) is 41.1 Å². The summed E-state index contributed by atoms with van der Waals surface area (Å²) in [6.07, 6.45) is 0. The molecule has 0 unspecified atom stereocenters. The van der Waals surface area contributed by atoms with Crippen LogP contribution < -0.4 is 10.6 Å². The highest BCUT2D eigenvalue weighted by Gasteiger charge is 2.08. The van der Waals surface area contributed by atoms with E-state index in [1.54, 1.807) is 0 Å². The molecule has 2 aromatic rings. The van der Waals surface area contributed by atoms with E-state index in [0.717, 1.165) is 33.8 Å². The first-order valence-corrected chi connectivity index (χ1v) is 8.36. The fourth-order valence-electron chi connectivity index (χ4n) is 2.04. The minimum atomic E-state index is 0.0435. The second kappa shape index (κ2) is 8.27. The minimum absolute atomic E-state index is 0.0435. The number of carbonyl (C=O) groups excluding carboxylic acids is 1. The largest absolute Gasteiger partial charge is 0.354 e. The highest BCUT2D eigenvalue weighted by atomic mass is 35.5. The lowest BCUT2D eigenvalue weighted by molar-refractivity contribution is -0.118. The van der Waals surface area contributed by atoms with Crippen molar-refractivity contribution in [3.05, 3.63) is 41.4 Å². The van der Waals surface area contributed by atoms with Gasteiger partial charge in [0.15, 0.2) is 0 Å². The molecule has 0 saturated heterocycles. The zero-order valence-electron chi connectivity index (χ0n) is 12.0. The van der Waals surface area contributed by atoms with E-state index in [9.17, 15) is 4.79 Å². The Balaban J connectivity index is 1.96. The average Bonchev–Trinajstić information content (AvgIpc) is 2.49. The Morgan fingerprint density at radius 3 is 2.71 bits per heavy atom. The third kappa shape index (κ3) is 4.63. The molecule has 0 fully saturated rings. The Kier molecular flexibility index (Phi) is 6.36. The summed E-state index contributed by atoms with van der Waals surface area (Å²) in [6, 6.07) is 11.9. The maximum absolute atomic E-state index is 11.8. The highest BCUT2D eigenvalue weighted by Crippen LogP contribution is 2.32. The summed E-state index contributed by atoms with van der Waals surface area (Å²) in [5, 5.41) is 8.91. The van der Waals surface area contributed by atoms with Gasteiger partial charge in [0.05, 0.1) is 5.75 Å². The molecule has 0 heterocycles. The molecule has 0 bridgehead atoms. The lowest BCUT2D eigenvalue weighted by Gasteiger charge is -2.08. The van der Waals surface area contributed by atoms with Crippen molar-refractivity contribution in [1.82, 2.24) is 10.6 Å².